The average Bonchev–Trinajstić information content (AvgIpc) is 2.20. The second kappa shape index (κ2) is 8.13. The van der Waals surface area contributed by atoms with Gasteiger partial charge in [0.05, 0.1) is 13.2 Å². The zero-order valence-electron chi connectivity index (χ0n) is 10.6. The Morgan fingerprint density at radius 1 is 0.875 bits per heavy atom. The Hall–Kier alpha value is -1.06. The highest BCUT2D eigenvalue weighted by Crippen LogP contribution is 2.13. The molecule has 94 valence electrons. The Bertz CT molecular complexity index is 201. The monoisotopic (exact) mass is 230 g/mol. The lowest BCUT2D eigenvalue weighted by Gasteiger charge is -2.15. The minimum Gasteiger partial charge on any atom is -0.466 e. The van der Waals surface area contributed by atoms with Crippen LogP contribution in [0.25, 0.3) is 0 Å². The van der Waals surface area contributed by atoms with Gasteiger partial charge in [-0.25, -0.2) is 0 Å². The van der Waals surface area contributed by atoms with Crippen molar-refractivity contribution >= 4 is 11.9 Å². The third-order valence-electron chi connectivity index (χ3n) is 2.29. The summed E-state index contributed by atoms with van der Waals surface area (Å²) in [6, 6.07) is 0. The van der Waals surface area contributed by atoms with Crippen LogP contribution in [0.5, 0.6) is 0 Å². The standard InChI is InChI=1S/C12H22O4/c1-9(7-15-11(3)13)5-6-10(2)8-16-12(4)14/h9-10H,5-8H2,1-4H3/t9-,10-/m0/s1. The molecular weight excluding hydrogens is 208 g/mol. The van der Waals surface area contributed by atoms with Crippen LogP contribution < -0.4 is 0 Å². The largest absolute Gasteiger partial charge is 0.466 e. The molecule has 0 aliphatic carbocycles. The molecule has 0 aliphatic heterocycles. The van der Waals surface area contributed by atoms with E-state index in [1.54, 1.807) is 0 Å². The molecule has 0 aromatic heterocycles. The van der Waals surface area contributed by atoms with E-state index in [0.717, 1.165) is 12.8 Å². The molecule has 0 N–H and O–H groups in total. The molecule has 2 atom stereocenters. The zero-order valence-corrected chi connectivity index (χ0v) is 10.6. The summed E-state index contributed by atoms with van der Waals surface area (Å²) >= 11 is 0. The molecule has 0 radical (unpaired) electrons. The van der Waals surface area contributed by atoms with Gasteiger partial charge < -0.3 is 9.47 Å². The topological polar surface area (TPSA) is 52.6 Å². The summed E-state index contributed by atoms with van der Waals surface area (Å²) in [6.07, 6.45) is 1.94. The summed E-state index contributed by atoms with van der Waals surface area (Å²) in [5, 5.41) is 0. The predicted molar refractivity (Wildman–Crippen MR) is 60.8 cm³/mol. The number of carbonyl (C=O) groups excluding carboxylic acids is 2. The number of hydrogen-bond acceptors (Lipinski definition) is 4. The molecule has 4 nitrogen and oxygen atoms in total. The van der Waals surface area contributed by atoms with Crippen molar-refractivity contribution in [2.45, 2.75) is 40.5 Å². The second-order valence-corrected chi connectivity index (χ2v) is 4.39. The molecule has 0 aromatic rings. The molecule has 0 rings (SSSR count). The summed E-state index contributed by atoms with van der Waals surface area (Å²) in [5.41, 5.74) is 0. The van der Waals surface area contributed by atoms with E-state index in [0.29, 0.717) is 25.0 Å². The van der Waals surface area contributed by atoms with Crippen LogP contribution >= 0.6 is 0 Å². The maximum Gasteiger partial charge on any atom is 0.302 e. The van der Waals surface area contributed by atoms with Gasteiger partial charge in [-0.2, -0.15) is 0 Å². The van der Waals surface area contributed by atoms with Gasteiger partial charge in [0.25, 0.3) is 0 Å². The van der Waals surface area contributed by atoms with E-state index in [4.69, 9.17) is 9.47 Å². The molecule has 0 fully saturated rings. The fourth-order valence-electron chi connectivity index (χ4n) is 1.25. The van der Waals surface area contributed by atoms with Crippen LogP contribution in [0.3, 0.4) is 0 Å². The van der Waals surface area contributed by atoms with Gasteiger partial charge in [-0.15, -0.1) is 0 Å². The van der Waals surface area contributed by atoms with Gasteiger partial charge in [0.15, 0.2) is 0 Å². The lowest BCUT2D eigenvalue weighted by molar-refractivity contribution is -0.143. The first-order chi connectivity index (χ1) is 7.41. The first-order valence-corrected chi connectivity index (χ1v) is 5.68. The number of esters is 2. The molecule has 16 heavy (non-hydrogen) atoms. The lowest BCUT2D eigenvalue weighted by Crippen LogP contribution is -2.13. The van der Waals surface area contributed by atoms with Crippen molar-refractivity contribution in [3.05, 3.63) is 0 Å². The Kier molecular flexibility index (Phi) is 7.60. The first kappa shape index (κ1) is 14.9. The van der Waals surface area contributed by atoms with E-state index in [-0.39, 0.29) is 11.9 Å². The smallest absolute Gasteiger partial charge is 0.302 e. The van der Waals surface area contributed by atoms with Crippen molar-refractivity contribution in [1.29, 1.82) is 0 Å². The van der Waals surface area contributed by atoms with Crippen molar-refractivity contribution in [1.82, 2.24) is 0 Å². The Balaban J connectivity index is 3.54. The Labute approximate surface area is 97.3 Å². The molecule has 0 saturated carbocycles. The third-order valence-corrected chi connectivity index (χ3v) is 2.29. The molecular formula is C12H22O4. The minimum absolute atomic E-state index is 0.236. The van der Waals surface area contributed by atoms with Gasteiger partial charge in [0, 0.05) is 13.8 Å². The summed E-state index contributed by atoms with van der Waals surface area (Å²) in [4.78, 5) is 21.2. The van der Waals surface area contributed by atoms with Crippen molar-refractivity contribution in [2.75, 3.05) is 13.2 Å². The van der Waals surface area contributed by atoms with Crippen molar-refractivity contribution in [3.63, 3.8) is 0 Å². The lowest BCUT2D eigenvalue weighted by atomic mass is 9.99. The van der Waals surface area contributed by atoms with Crippen LogP contribution in [-0.2, 0) is 19.1 Å². The van der Waals surface area contributed by atoms with Crippen LogP contribution in [-0.4, -0.2) is 25.2 Å². The molecule has 0 spiro atoms. The number of rotatable bonds is 7. The summed E-state index contributed by atoms with van der Waals surface area (Å²) < 4.78 is 9.82. The molecule has 0 bridgehead atoms. The Morgan fingerprint density at radius 2 is 1.19 bits per heavy atom. The fraction of sp³-hybridized carbons (Fsp3) is 0.833. The van der Waals surface area contributed by atoms with E-state index < -0.39 is 0 Å². The highest BCUT2D eigenvalue weighted by Gasteiger charge is 2.09. The number of ether oxygens (including phenoxy) is 2. The molecule has 0 unspecified atom stereocenters. The average molecular weight is 230 g/mol. The van der Waals surface area contributed by atoms with E-state index >= 15 is 0 Å². The predicted octanol–water partition coefficient (Wildman–Crippen LogP) is 2.17. The van der Waals surface area contributed by atoms with Gasteiger partial charge >= 0.3 is 11.9 Å². The summed E-state index contributed by atoms with van der Waals surface area (Å²) in [5.74, 6) is 0.229. The maximum atomic E-state index is 10.6. The van der Waals surface area contributed by atoms with Gasteiger partial charge in [-0.05, 0) is 24.7 Å². The van der Waals surface area contributed by atoms with Crippen LogP contribution in [0, 0.1) is 11.8 Å². The van der Waals surface area contributed by atoms with Crippen LogP contribution in [0.2, 0.25) is 0 Å². The molecule has 0 saturated heterocycles. The van der Waals surface area contributed by atoms with E-state index in [9.17, 15) is 9.59 Å². The van der Waals surface area contributed by atoms with Gasteiger partial charge in [-0.3, -0.25) is 9.59 Å². The number of hydrogen-bond donors (Lipinski definition) is 0. The fourth-order valence-corrected chi connectivity index (χ4v) is 1.25. The van der Waals surface area contributed by atoms with Gasteiger partial charge in [-0.1, -0.05) is 13.8 Å². The molecule has 0 aromatic carbocycles. The normalized spacial score (nSPS) is 14.0. The van der Waals surface area contributed by atoms with Crippen LogP contribution in [0.1, 0.15) is 40.5 Å². The van der Waals surface area contributed by atoms with Crippen molar-refractivity contribution in [2.24, 2.45) is 11.8 Å². The van der Waals surface area contributed by atoms with Crippen molar-refractivity contribution < 1.29 is 19.1 Å². The summed E-state index contributed by atoms with van der Waals surface area (Å²) in [6.45, 7) is 7.85. The highest BCUT2D eigenvalue weighted by atomic mass is 16.5. The molecule has 4 heteroatoms. The second-order valence-electron chi connectivity index (χ2n) is 4.39. The summed E-state index contributed by atoms with van der Waals surface area (Å²) in [7, 11) is 0. The maximum absolute atomic E-state index is 10.6. The highest BCUT2D eigenvalue weighted by molar-refractivity contribution is 5.66. The van der Waals surface area contributed by atoms with Crippen LogP contribution in [0.15, 0.2) is 0 Å². The number of carbonyl (C=O) groups is 2. The van der Waals surface area contributed by atoms with E-state index in [2.05, 4.69) is 0 Å². The molecule has 0 aliphatic rings. The Morgan fingerprint density at radius 3 is 1.44 bits per heavy atom. The van der Waals surface area contributed by atoms with E-state index in [1.165, 1.54) is 13.8 Å². The van der Waals surface area contributed by atoms with Crippen LogP contribution in [0.4, 0.5) is 0 Å². The van der Waals surface area contributed by atoms with Crippen molar-refractivity contribution in [3.8, 4) is 0 Å². The first-order valence-electron chi connectivity index (χ1n) is 5.68. The van der Waals surface area contributed by atoms with Gasteiger partial charge in [0.1, 0.15) is 0 Å². The quantitative estimate of drug-likeness (QED) is 0.629. The third kappa shape index (κ3) is 9.49. The minimum atomic E-state index is -0.236. The van der Waals surface area contributed by atoms with E-state index in [1.807, 2.05) is 13.8 Å². The molecule has 0 heterocycles. The molecule has 0 amide bonds. The van der Waals surface area contributed by atoms with Gasteiger partial charge in [0.2, 0.25) is 0 Å². The zero-order chi connectivity index (χ0) is 12.6. The SMILES string of the molecule is CC(=O)OC[C@@H](C)CC[C@H](C)COC(C)=O.